The maximum Gasteiger partial charge on any atom is 0.220 e. The van der Waals surface area contributed by atoms with Crippen LogP contribution < -0.4 is 10.6 Å². The molecular formula is C22H42N2O4. The zero-order chi connectivity index (χ0) is 20.7. The lowest BCUT2D eigenvalue weighted by atomic mass is 10.1. The van der Waals surface area contributed by atoms with E-state index in [4.69, 9.17) is 10.2 Å². The van der Waals surface area contributed by atoms with E-state index in [2.05, 4.69) is 22.8 Å². The first-order valence-electron chi connectivity index (χ1n) is 11.1. The maximum absolute atomic E-state index is 11.3. The van der Waals surface area contributed by atoms with Crippen LogP contribution >= 0.6 is 0 Å². The summed E-state index contributed by atoms with van der Waals surface area (Å²) < 4.78 is 0. The van der Waals surface area contributed by atoms with E-state index in [1.54, 1.807) is 0 Å². The van der Waals surface area contributed by atoms with Gasteiger partial charge in [-0.3, -0.25) is 9.59 Å². The van der Waals surface area contributed by atoms with Gasteiger partial charge in [-0.05, 0) is 38.5 Å². The number of hydrogen-bond acceptors (Lipinski definition) is 4. The molecule has 2 amide bonds. The lowest BCUT2D eigenvalue weighted by Gasteiger charge is -2.03. The van der Waals surface area contributed by atoms with Crippen molar-refractivity contribution >= 4 is 11.8 Å². The second kappa shape index (κ2) is 21.9. The summed E-state index contributed by atoms with van der Waals surface area (Å²) in [5.41, 5.74) is 0. The lowest BCUT2D eigenvalue weighted by molar-refractivity contribution is -0.122. The topological polar surface area (TPSA) is 98.7 Å². The van der Waals surface area contributed by atoms with E-state index in [0.29, 0.717) is 25.9 Å². The van der Waals surface area contributed by atoms with Gasteiger partial charge in [-0.2, -0.15) is 0 Å². The Labute approximate surface area is 171 Å². The van der Waals surface area contributed by atoms with Crippen molar-refractivity contribution in [1.29, 1.82) is 0 Å². The third-order valence-electron chi connectivity index (χ3n) is 4.58. The van der Waals surface area contributed by atoms with Crippen LogP contribution in [0.3, 0.4) is 0 Å². The molecule has 0 aliphatic heterocycles. The maximum atomic E-state index is 11.3. The average molecular weight is 399 g/mol. The molecule has 0 radical (unpaired) electrons. The number of nitrogens with one attached hydrogen (secondary N) is 2. The van der Waals surface area contributed by atoms with Gasteiger partial charge in [-0.25, -0.2) is 0 Å². The second-order valence-corrected chi connectivity index (χ2v) is 7.23. The number of amides is 2. The summed E-state index contributed by atoms with van der Waals surface area (Å²) in [6.45, 7) is 0.726. The minimum absolute atomic E-state index is 0.00603. The van der Waals surface area contributed by atoms with E-state index >= 15 is 0 Å². The van der Waals surface area contributed by atoms with Crippen molar-refractivity contribution in [2.24, 2.45) is 0 Å². The van der Waals surface area contributed by atoms with Gasteiger partial charge in [0.2, 0.25) is 11.8 Å². The van der Waals surface area contributed by atoms with Crippen LogP contribution in [0.5, 0.6) is 0 Å². The van der Waals surface area contributed by atoms with Crippen LogP contribution in [0.1, 0.15) is 89.9 Å². The lowest BCUT2D eigenvalue weighted by Crippen LogP contribution is -2.25. The molecule has 4 N–H and O–H groups in total. The molecule has 6 heteroatoms. The van der Waals surface area contributed by atoms with E-state index in [0.717, 1.165) is 38.5 Å². The molecule has 0 saturated carbocycles. The molecule has 0 aromatic rings. The van der Waals surface area contributed by atoms with E-state index < -0.39 is 0 Å². The van der Waals surface area contributed by atoms with E-state index in [-0.39, 0.29) is 25.0 Å². The minimum atomic E-state index is 0.00603. The third-order valence-corrected chi connectivity index (χ3v) is 4.58. The number of rotatable bonds is 20. The van der Waals surface area contributed by atoms with Gasteiger partial charge in [0.15, 0.2) is 0 Å². The molecule has 0 spiro atoms. The van der Waals surface area contributed by atoms with Crippen LogP contribution in [0.2, 0.25) is 0 Å². The summed E-state index contributed by atoms with van der Waals surface area (Å²) in [6, 6.07) is 0. The first kappa shape index (κ1) is 26.6. The van der Waals surface area contributed by atoms with Crippen LogP contribution in [0.4, 0.5) is 0 Å². The highest BCUT2D eigenvalue weighted by molar-refractivity contribution is 5.76. The first-order chi connectivity index (χ1) is 13.7. The van der Waals surface area contributed by atoms with Crippen molar-refractivity contribution in [3.63, 3.8) is 0 Å². The van der Waals surface area contributed by atoms with Crippen molar-refractivity contribution in [3.05, 3.63) is 12.2 Å². The van der Waals surface area contributed by atoms with Gasteiger partial charge in [0.1, 0.15) is 0 Å². The van der Waals surface area contributed by atoms with Crippen LogP contribution in [-0.2, 0) is 9.59 Å². The average Bonchev–Trinajstić information content (AvgIpc) is 2.70. The number of aliphatic hydroxyl groups excluding tert-OH is 2. The van der Waals surface area contributed by atoms with E-state index in [1.807, 2.05) is 0 Å². The smallest absolute Gasteiger partial charge is 0.220 e. The largest absolute Gasteiger partial charge is 0.395 e. The Morgan fingerprint density at radius 2 is 0.929 bits per heavy atom. The van der Waals surface area contributed by atoms with E-state index in [9.17, 15) is 9.59 Å². The molecule has 6 nitrogen and oxygen atoms in total. The molecule has 0 aromatic heterocycles. The Kier molecular flexibility index (Phi) is 20.8. The molecule has 0 bridgehead atoms. The van der Waals surface area contributed by atoms with Gasteiger partial charge in [-0.15, -0.1) is 0 Å². The Bertz CT molecular complexity index is 364. The summed E-state index contributed by atoms with van der Waals surface area (Å²) in [7, 11) is 0. The highest BCUT2D eigenvalue weighted by Crippen LogP contribution is 2.10. The van der Waals surface area contributed by atoms with Crippen LogP contribution in [-0.4, -0.2) is 48.3 Å². The summed E-state index contributed by atoms with van der Waals surface area (Å²) >= 11 is 0. The highest BCUT2D eigenvalue weighted by atomic mass is 16.3. The molecule has 0 aliphatic rings. The first-order valence-corrected chi connectivity index (χ1v) is 11.1. The predicted molar refractivity (Wildman–Crippen MR) is 114 cm³/mol. The zero-order valence-electron chi connectivity index (χ0n) is 17.6. The quantitative estimate of drug-likeness (QED) is 0.187. The van der Waals surface area contributed by atoms with Gasteiger partial charge >= 0.3 is 0 Å². The molecule has 164 valence electrons. The molecule has 0 rings (SSSR count). The monoisotopic (exact) mass is 398 g/mol. The summed E-state index contributed by atoms with van der Waals surface area (Å²) in [5, 5.41) is 22.6. The van der Waals surface area contributed by atoms with Crippen molar-refractivity contribution in [1.82, 2.24) is 10.6 Å². The zero-order valence-corrected chi connectivity index (χ0v) is 17.6. The second-order valence-electron chi connectivity index (χ2n) is 7.23. The molecule has 0 heterocycles. The SMILES string of the molecule is O=C(CCCCCCC/C=C/CCCCCCCC(=O)NCCO)NCCO. The van der Waals surface area contributed by atoms with Crippen LogP contribution in [0, 0.1) is 0 Å². The fourth-order valence-electron chi connectivity index (χ4n) is 2.96. The molecule has 0 atom stereocenters. The number of carbonyl (C=O) groups excluding carboxylic acids is 2. The number of unbranched alkanes of at least 4 members (excludes halogenated alkanes) is 10. The Morgan fingerprint density at radius 3 is 1.32 bits per heavy atom. The summed E-state index contributed by atoms with van der Waals surface area (Å²) in [6.07, 6.45) is 19.3. The minimum Gasteiger partial charge on any atom is -0.395 e. The molecule has 0 unspecified atom stereocenters. The number of hydrogen-bond donors (Lipinski definition) is 4. The predicted octanol–water partition coefficient (Wildman–Crippen LogP) is 3.22. The molecule has 0 aliphatic carbocycles. The van der Waals surface area contributed by atoms with Gasteiger partial charge in [0.05, 0.1) is 13.2 Å². The number of carbonyl (C=O) groups is 2. The van der Waals surface area contributed by atoms with Crippen LogP contribution in [0.25, 0.3) is 0 Å². The number of aliphatic hydroxyl groups is 2. The van der Waals surface area contributed by atoms with Crippen molar-refractivity contribution < 1.29 is 19.8 Å². The Balaban J connectivity index is 3.22. The standard InChI is InChI=1S/C22H42N2O4/c25-19-17-23-21(27)15-13-11-9-7-5-3-1-2-4-6-8-10-12-14-16-22(28)24-18-20-26/h1-2,25-26H,3-20H2,(H,23,27)(H,24,28)/b2-1+. The van der Waals surface area contributed by atoms with E-state index in [1.165, 1.54) is 38.5 Å². The van der Waals surface area contributed by atoms with Crippen molar-refractivity contribution in [2.45, 2.75) is 89.9 Å². The Hall–Kier alpha value is -1.40. The Morgan fingerprint density at radius 1 is 0.571 bits per heavy atom. The molecule has 0 fully saturated rings. The fourth-order valence-corrected chi connectivity index (χ4v) is 2.96. The summed E-state index contributed by atoms with van der Waals surface area (Å²) in [5.74, 6) is 0.0843. The highest BCUT2D eigenvalue weighted by Gasteiger charge is 2.00. The summed E-state index contributed by atoms with van der Waals surface area (Å²) in [4.78, 5) is 22.7. The third kappa shape index (κ3) is 20.9. The molecule has 0 aromatic carbocycles. The normalized spacial score (nSPS) is 11.1. The van der Waals surface area contributed by atoms with Gasteiger partial charge in [0.25, 0.3) is 0 Å². The van der Waals surface area contributed by atoms with Gasteiger partial charge < -0.3 is 20.8 Å². The fraction of sp³-hybridized carbons (Fsp3) is 0.818. The molecule has 28 heavy (non-hydrogen) atoms. The molecule has 0 saturated heterocycles. The van der Waals surface area contributed by atoms with Crippen LogP contribution in [0.15, 0.2) is 12.2 Å². The van der Waals surface area contributed by atoms with Crippen molar-refractivity contribution in [2.75, 3.05) is 26.3 Å². The van der Waals surface area contributed by atoms with Crippen molar-refractivity contribution in [3.8, 4) is 0 Å². The van der Waals surface area contributed by atoms with Gasteiger partial charge in [0, 0.05) is 25.9 Å². The van der Waals surface area contributed by atoms with Gasteiger partial charge in [-0.1, -0.05) is 50.7 Å². The number of allylic oxidation sites excluding steroid dienone is 2. The molecular weight excluding hydrogens is 356 g/mol.